The van der Waals surface area contributed by atoms with Crippen molar-refractivity contribution < 1.29 is 19.1 Å². The van der Waals surface area contributed by atoms with E-state index in [1.807, 2.05) is 24.3 Å². The van der Waals surface area contributed by atoms with Gasteiger partial charge in [0.15, 0.2) is 0 Å². The van der Waals surface area contributed by atoms with Gasteiger partial charge >= 0.3 is 0 Å². The second kappa shape index (κ2) is 10.6. The molecule has 154 valence electrons. The third kappa shape index (κ3) is 6.04. The molecule has 2 aromatic carbocycles. The van der Waals surface area contributed by atoms with Crippen molar-refractivity contribution >= 4 is 11.8 Å². The molecule has 0 unspecified atom stereocenters. The Bertz CT molecular complexity index is 834. The van der Waals surface area contributed by atoms with E-state index >= 15 is 0 Å². The van der Waals surface area contributed by atoms with E-state index in [1.54, 1.807) is 31.4 Å². The number of hydrogen-bond donors (Lipinski definition) is 2. The standard InChI is InChI=1S/C22H27N3O4/c1-28-20-8-3-2-5-19(20)16-24-22(27)18-7-4-6-17(15-18)21(26)23-9-10-25-11-13-29-14-12-25/h2-8,15H,9-14,16H2,1H3,(H,23,26)(H,24,27). The molecule has 0 bridgehead atoms. The van der Waals surface area contributed by atoms with Crippen LogP contribution in [-0.4, -0.2) is 63.2 Å². The molecule has 1 heterocycles. The second-order valence-corrected chi connectivity index (χ2v) is 6.79. The fourth-order valence-electron chi connectivity index (χ4n) is 3.18. The van der Waals surface area contributed by atoms with Gasteiger partial charge in [-0.15, -0.1) is 0 Å². The summed E-state index contributed by atoms with van der Waals surface area (Å²) in [5.74, 6) is 0.303. The molecule has 29 heavy (non-hydrogen) atoms. The van der Waals surface area contributed by atoms with Gasteiger partial charge in [0.1, 0.15) is 5.75 Å². The van der Waals surface area contributed by atoms with Crippen molar-refractivity contribution in [2.24, 2.45) is 0 Å². The first-order valence-electron chi connectivity index (χ1n) is 9.76. The van der Waals surface area contributed by atoms with Gasteiger partial charge in [-0.1, -0.05) is 24.3 Å². The van der Waals surface area contributed by atoms with Crippen LogP contribution in [-0.2, 0) is 11.3 Å². The summed E-state index contributed by atoms with van der Waals surface area (Å²) in [6.07, 6.45) is 0. The van der Waals surface area contributed by atoms with E-state index in [1.165, 1.54) is 0 Å². The van der Waals surface area contributed by atoms with Crippen molar-refractivity contribution in [3.63, 3.8) is 0 Å². The molecule has 3 rings (SSSR count). The van der Waals surface area contributed by atoms with Gasteiger partial charge in [-0.05, 0) is 24.3 Å². The largest absolute Gasteiger partial charge is 0.496 e. The molecule has 1 fully saturated rings. The summed E-state index contributed by atoms with van der Waals surface area (Å²) < 4.78 is 10.6. The van der Waals surface area contributed by atoms with Crippen LogP contribution in [0.4, 0.5) is 0 Å². The van der Waals surface area contributed by atoms with E-state index in [4.69, 9.17) is 9.47 Å². The van der Waals surface area contributed by atoms with Crippen molar-refractivity contribution in [2.75, 3.05) is 46.5 Å². The summed E-state index contributed by atoms with van der Waals surface area (Å²) in [5, 5.41) is 5.79. The summed E-state index contributed by atoms with van der Waals surface area (Å²) in [5.41, 5.74) is 1.80. The van der Waals surface area contributed by atoms with Crippen LogP contribution in [0.1, 0.15) is 26.3 Å². The third-order valence-corrected chi connectivity index (χ3v) is 4.84. The third-order valence-electron chi connectivity index (χ3n) is 4.84. The molecular weight excluding hydrogens is 370 g/mol. The Morgan fingerprint density at radius 3 is 2.41 bits per heavy atom. The Labute approximate surface area is 171 Å². The quantitative estimate of drug-likeness (QED) is 0.709. The smallest absolute Gasteiger partial charge is 0.251 e. The highest BCUT2D eigenvalue weighted by atomic mass is 16.5. The predicted octanol–water partition coefficient (Wildman–Crippen LogP) is 1.69. The number of carbonyl (C=O) groups excluding carboxylic acids is 2. The van der Waals surface area contributed by atoms with E-state index in [9.17, 15) is 9.59 Å². The zero-order valence-electron chi connectivity index (χ0n) is 16.6. The predicted molar refractivity (Wildman–Crippen MR) is 110 cm³/mol. The van der Waals surface area contributed by atoms with Gasteiger partial charge in [-0.3, -0.25) is 14.5 Å². The number of methoxy groups -OCH3 is 1. The van der Waals surface area contributed by atoms with Gasteiger partial charge < -0.3 is 20.1 Å². The first-order valence-corrected chi connectivity index (χ1v) is 9.76. The lowest BCUT2D eigenvalue weighted by molar-refractivity contribution is 0.0383. The summed E-state index contributed by atoms with van der Waals surface area (Å²) >= 11 is 0. The molecule has 1 saturated heterocycles. The van der Waals surface area contributed by atoms with Crippen LogP contribution < -0.4 is 15.4 Å². The van der Waals surface area contributed by atoms with Crippen molar-refractivity contribution in [2.45, 2.75) is 6.54 Å². The number of morpholine rings is 1. The average Bonchev–Trinajstić information content (AvgIpc) is 2.78. The molecule has 2 amide bonds. The molecule has 1 aliphatic rings. The summed E-state index contributed by atoms with van der Waals surface area (Å²) in [6.45, 7) is 4.94. The molecule has 1 aliphatic heterocycles. The molecule has 0 saturated carbocycles. The molecule has 2 N–H and O–H groups in total. The maximum absolute atomic E-state index is 12.5. The fraction of sp³-hybridized carbons (Fsp3) is 0.364. The van der Waals surface area contributed by atoms with Crippen LogP contribution in [0.15, 0.2) is 48.5 Å². The van der Waals surface area contributed by atoms with E-state index < -0.39 is 0 Å². The highest BCUT2D eigenvalue weighted by Crippen LogP contribution is 2.17. The average molecular weight is 397 g/mol. The van der Waals surface area contributed by atoms with Gasteiger partial charge in [-0.25, -0.2) is 0 Å². The van der Waals surface area contributed by atoms with Crippen molar-refractivity contribution in [1.82, 2.24) is 15.5 Å². The molecular formula is C22H27N3O4. The lowest BCUT2D eigenvalue weighted by atomic mass is 10.1. The van der Waals surface area contributed by atoms with E-state index in [-0.39, 0.29) is 11.8 Å². The lowest BCUT2D eigenvalue weighted by Gasteiger charge is -2.26. The summed E-state index contributed by atoms with van der Waals surface area (Å²) in [6, 6.07) is 14.3. The molecule has 7 heteroatoms. The highest BCUT2D eigenvalue weighted by molar-refractivity contribution is 5.99. The van der Waals surface area contributed by atoms with Crippen LogP contribution >= 0.6 is 0 Å². The van der Waals surface area contributed by atoms with Crippen LogP contribution in [0.25, 0.3) is 0 Å². The molecule has 0 aliphatic carbocycles. The summed E-state index contributed by atoms with van der Waals surface area (Å²) in [4.78, 5) is 27.2. The molecule has 0 aromatic heterocycles. The van der Waals surface area contributed by atoms with Crippen molar-refractivity contribution in [3.05, 3.63) is 65.2 Å². The number of para-hydroxylation sites is 1. The number of amides is 2. The molecule has 0 radical (unpaired) electrons. The number of benzene rings is 2. The van der Waals surface area contributed by atoms with Gasteiger partial charge in [-0.2, -0.15) is 0 Å². The molecule has 0 atom stereocenters. The Kier molecular flexibility index (Phi) is 7.61. The number of nitrogens with zero attached hydrogens (tertiary/aromatic N) is 1. The first-order chi connectivity index (χ1) is 14.2. The molecule has 0 spiro atoms. The maximum Gasteiger partial charge on any atom is 0.251 e. The van der Waals surface area contributed by atoms with E-state index in [0.717, 1.165) is 44.2 Å². The lowest BCUT2D eigenvalue weighted by Crippen LogP contribution is -2.41. The SMILES string of the molecule is COc1ccccc1CNC(=O)c1cccc(C(=O)NCCN2CCOCC2)c1. The second-order valence-electron chi connectivity index (χ2n) is 6.79. The first kappa shape index (κ1) is 20.8. The van der Waals surface area contributed by atoms with Gasteiger partial charge in [0.2, 0.25) is 0 Å². The number of nitrogens with one attached hydrogen (secondary N) is 2. The monoisotopic (exact) mass is 397 g/mol. The Morgan fingerprint density at radius 2 is 1.69 bits per heavy atom. The van der Waals surface area contributed by atoms with E-state index in [0.29, 0.717) is 24.2 Å². The van der Waals surface area contributed by atoms with Crippen LogP contribution in [0.5, 0.6) is 5.75 Å². The normalized spacial score (nSPS) is 14.2. The minimum absolute atomic E-state index is 0.183. The van der Waals surface area contributed by atoms with Crippen molar-refractivity contribution in [1.29, 1.82) is 0 Å². The summed E-state index contributed by atoms with van der Waals surface area (Å²) in [7, 11) is 1.60. The maximum atomic E-state index is 12.5. The number of hydrogen-bond acceptors (Lipinski definition) is 5. The van der Waals surface area contributed by atoms with Gasteiger partial charge in [0, 0.05) is 49.4 Å². The Hall–Kier alpha value is -2.90. The van der Waals surface area contributed by atoms with Crippen molar-refractivity contribution in [3.8, 4) is 5.75 Å². The van der Waals surface area contributed by atoms with Crippen LogP contribution in [0.2, 0.25) is 0 Å². The Morgan fingerprint density at radius 1 is 1.00 bits per heavy atom. The molecule has 2 aromatic rings. The highest BCUT2D eigenvalue weighted by Gasteiger charge is 2.13. The fourth-order valence-corrected chi connectivity index (χ4v) is 3.18. The number of rotatable bonds is 8. The minimum atomic E-state index is -0.237. The topological polar surface area (TPSA) is 79.9 Å². The van der Waals surface area contributed by atoms with E-state index in [2.05, 4.69) is 15.5 Å². The van der Waals surface area contributed by atoms with Crippen LogP contribution in [0, 0.1) is 0 Å². The zero-order chi connectivity index (χ0) is 20.5. The minimum Gasteiger partial charge on any atom is -0.496 e. The zero-order valence-corrected chi connectivity index (χ0v) is 16.6. The Balaban J connectivity index is 1.52. The van der Waals surface area contributed by atoms with Gasteiger partial charge in [0.25, 0.3) is 11.8 Å². The van der Waals surface area contributed by atoms with Crippen LogP contribution in [0.3, 0.4) is 0 Å². The van der Waals surface area contributed by atoms with Gasteiger partial charge in [0.05, 0.1) is 20.3 Å². The molecule has 7 nitrogen and oxygen atoms in total. The number of ether oxygens (including phenoxy) is 2. The number of carbonyl (C=O) groups is 2.